The van der Waals surface area contributed by atoms with Crippen LogP contribution >= 0.6 is 0 Å². The van der Waals surface area contributed by atoms with E-state index in [2.05, 4.69) is 15.3 Å². The second-order valence-corrected chi connectivity index (χ2v) is 9.52. The van der Waals surface area contributed by atoms with Gasteiger partial charge in [0.25, 0.3) is 5.91 Å². The number of carbonyl (C=O) groups excluding carboxylic acids is 1. The highest BCUT2D eigenvalue weighted by atomic mass is 32.2. The summed E-state index contributed by atoms with van der Waals surface area (Å²) in [7, 11) is -3.13. The van der Waals surface area contributed by atoms with Crippen molar-refractivity contribution in [3.05, 3.63) is 47.9 Å². The SMILES string of the molecule is Cc1c(C(=O)N2CCS(=O)(=O)CC(C)C2)nnn1-c1ccc2ncccc2c1. The van der Waals surface area contributed by atoms with Crippen molar-refractivity contribution in [2.45, 2.75) is 13.8 Å². The monoisotopic (exact) mass is 399 g/mol. The van der Waals surface area contributed by atoms with E-state index in [1.54, 1.807) is 22.7 Å². The van der Waals surface area contributed by atoms with Crippen LogP contribution in [0.4, 0.5) is 0 Å². The molecule has 4 rings (SSSR count). The predicted molar refractivity (Wildman–Crippen MR) is 105 cm³/mol. The lowest BCUT2D eigenvalue weighted by Gasteiger charge is -2.21. The number of carbonyl (C=O) groups is 1. The first-order valence-corrected chi connectivity index (χ1v) is 10.9. The summed E-state index contributed by atoms with van der Waals surface area (Å²) in [5, 5.41) is 9.22. The maximum absolute atomic E-state index is 13.0. The molecule has 146 valence electrons. The minimum absolute atomic E-state index is 0.0199. The van der Waals surface area contributed by atoms with Crippen LogP contribution in [0.25, 0.3) is 16.6 Å². The highest BCUT2D eigenvalue weighted by Gasteiger charge is 2.30. The fourth-order valence-electron chi connectivity index (χ4n) is 3.59. The molecule has 1 saturated heterocycles. The van der Waals surface area contributed by atoms with Gasteiger partial charge in [0.2, 0.25) is 0 Å². The molecule has 3 aromatic rings. The number of nitrogens with zero attached hydrogens (tertiary/aromatic N) is 5. The van der Waals surface area contributed by atoms with Gasteiger partial charge in [-0.05, 0) is 37.1 Å². The zero-order valence-electron chi connectivity index (χ0n) is 15.7. The van der Waals surface area contributed by atoms with E-state index >= 15 is 0 Å². The molecular weight excluding hydrogens is 378 g/mol. The number of rotatable bonds is 2. The molecule has 1 atom stereocenters. The average Bonchev–Trinajstić information content (AvgIpc) is 2.98. The standard InChI is InChI=1S/C19H21N5O3S/c1-13-11-23(8-9-28(26,27)12-13)19(25)18-14(2)24(22-21-18)16-5-6-17-15(10-16)4-3-7-20-17/h3-7,10,13H,8-9,11-12H2,1-2H3. The van der Waals surface area contributed by atoms with Gasteiger partial charge in [-0.2, -0.15) is 0 Å². The molecule has 1 aromatic carbocycles. The molecule has 0 bridgehead atoms. The molecule has 28 heavy (non-hydrogen) atoms. The fourth-order valence-corrected chi connectivity index (χ4v) is 5.22. The Morgan fingerprint density at radius 1 is 1.25 bits per heavy atom. The fraction of sp³-hybridized carbons (Fsp3) is 0.368. The van der Waals surface area contributed by atoms with Gasteiger partial charge < -0.3 is 4.90 Å². The number of fused-ring (bicyclic) bond motifs is 1. The smallest absolute Gasteiger partial charge is 0.276 e. The molecule has 1 fully saturated rings. The van der Waals surface area contributed by atoms with E-state index in [-0.39, 0.29) is 35.6 Å². The van der Waals surface area contributed by atoms with E-state index in [0.717, 1.165) is 16.6 Å². The van der Waals surface area contributed by atoms with Crippen LogP contribution in [0.1, 0.15) is 23.1 Å². The molecule has 0 spiro atoms. The first-order valence-electron chi connectivity index (χ1n) is 9.11. The number of sulfone groups is 1. The van der Waals surface area contributed by atoms with Gasteiger partial charge in [0.1, 0.15) is 0 Å². The Labute approximate surface area is 163 Å². The zero-order valence-corrected chi connectivity index (χ0v) is 16.6. The van der Waals surface area contributed by atoms with Crippen LogP contribution in [0.15, 0.2) is 36.5 Å². The number of pyridine rings is 1. The molecule has 0 saturated carbocycles. The van der Waals surface area contributed by atoms with Crippen LogP contribution in [-0.2, 0) is 9.84 Å². The maximum Gasteiger partial charge on any atom is 0.276 e. The third-order valence-electron chi connectivity index (χ3n) is 4.96. The number of hydrogen-bond acceptors (Lipinski definition) is 6. The van der Waals surface area contributed by atoms with Crippen molar-refractivity contribution in [1.29, 1.82) is 0 Å². The summed E-state index contributed by atoms with van der Waals surface area (Å²) in [4.78, 5) is 18.9. The Morgan fingerprint density at radius 2 is 2.07 bits per heavy atom. The van der Waals surface area contributed by atoms with Gasteiger partial charge in [0.15, 0.2) is 15.5 Å². The summed E-state index contributed by atoms with van der Waals surface area (Å²) in [6.45, 7) is 4.21. The normalized spacial score (nSPS) is 19.5. The van der Waals surface area contributed by atoms with E-state index in [0.29, 0.717) is 12.2 Å². The Morgan fingerprint density at radius 3 is 2.89 bits per heavy atom. The van der Waals surface area contributed by atoms with Crippen LogP contribution in [0.2, 0.25) is 0 Å². The summed E-state index contributed by atoms with van der Waals surface area (Å²) in [5.74, 6) is -0.309. The first kappa shape index (κ1) is 18.5. The third-order valence-corrected chi connectivity index (χ3v) is 6.84. The number of benzene rings is 1. The largest absolute Gasteiger partial charge is 0.336 e. The molecular formula is C19H21N5O3S. The lowest BCUT2D eigenvalue weighted by atomic mass is 10.2. The van der Waals surface area contributed by atoms with Crippen molar-refractivity contribution < 1.29 is 13.2 Å². The van der Waals surface area contributed by atoms with Gasteiger partial charge in [-0.25, -0.2) is 13.1 Å². The molecule has 9 heteroatoms. The highest BCUT2D eigenvalue weighted by molar-refractivity contribution is 7.91. The summed E-state index contributed by atoms with van der Waals surface area (Å²) < 4.78 is 25.6. The maximum atomic E-state index is 13.0. The average molecular weight is 399 g/mol. The molecule has 1 unspecified atom stereocenters. The summed E-state index contributed by atoms with van der Waals surface area (Å²) in [5.41, 5.74) is 2.53. The minimum Gasteiger partial charge on any atom is -0.336 e. The molecule has 1 amide bonds. The molecule has 2 aromatic heterocycles. The lowest BCUT2D eigenvalue weighted by Crippen LogP contribution is -2.36. The van der Waals surface area contributed by atoms with E-state index in [1.807, 2.05) is 37.3 Å². The number of hydrogen-bond donors (Lipinski definition) is 0. The van der Waals surface area contributed by atoms with Gasteiger partial charge in [0, 0.05) is 24.7 Å². The van der Waals surface area contributed by atoms with Gasteiger partial charge in [-0.1, -0.05) is 18.2 Å². The lowest BCUT2D eigenvalue weighted by molar-refractivity contribution is 0.0745. The zero-order chi connectivity index (χ0) is 19.9. The first-order chi connectivity index (χ1) is 13.3. The summed E-state index contributed by atoms with van der Waals surface area (Å²) in [6.07, 6.45) is 1.74. The van der Waals surface area contributed by atoms with Crippen molar-refractivity contribution in [1.82, 2.24) is 24.9 Å². The predicted octanol–water partition coefficient (Wildman–Crippen LogP) is 1.63. The van der Waals surface area contributed by atoms with Crippen LogP contribution in [0.3, 0.4) is 0 Å². The number of amides is 1. The van der Waals surface area contributed by atoms with E-state index in [1.165, 1.54) is 0 Å². The van der Waals surface area contributed by atoms with E-state index < -0.39 is 9.84 Å². The number of aromatic nitrogens is 4. The molecule has 0 radical (unpaired) electrons. The Balaban J connectivity index is 1.65. The van der Waals surface area contributed by atoms with Crippen LogP contribution in [-0.4, -0.2) is 63.8 Å². The highest BCUT2D eigenvalue weighted by Crippen LogP contribution is 2.20. The van der Waals surface area contributed by atoms with Gasteiger partial charge >= 0.3 is 0 Å². The second kappa shape index (κ2) is 6.97. The van der Waals surface area contributed by atoms with Gasteiger partial charge in [-0.15, -0.1) is 5.10 Å². The van der Waals surface area contributed by atoms with Crippen molar-refractivity contribution in [3.8, 4) is 5.69 Å². The summed E-state index contributed by atoms with van der Waals surface area (Å²) >= 11 is 0. The molecule has 0 N–H and O–H groups in total. The van der Waals surface area contributed by atoms with Gasteiger partial charge in [-0.3, -0.25) is 9.78 Å². The van der Waals surface area contributed by atoms with Crippen LogP contribution in [0.5, 0.6) is 0 Å². The molecule has 0 aliphatic carbocycles. The van der Waals surface area contributed by atoms with Crippen molar-refractivity contribution in [2.24, 2.45) is 5.92 Å². The second-order valence-electron chi connectivity index (χ2n) is 7.29. The topological polar surface area (TPSA) is 98.0 Å². The Bertz CT molecular complexity index is 1160. The van der Waals surface area contributed by atoms with Crippen molar-refractivity contribution in [2.75, 3.05) is 24.6 Å². The van der Waals surface area contributed by atoms with Crippen LogP contribution < -0.4 is 0 Å². The van der Waals surface area contributed by atoms with Crippen molar-refractivity contribution in [3.63, 3.8) is 0 Å². The summed E-state index contributed by atoms with van der Waals surface area (Å²) in [6, 6.07) is 9.55. The van der Waals surface area contributed by atoms with Gasteiger partial charge in [0.05, 0.1) is 28.4 Å². The Hall–Kier alpha value is -2.81. The minimum atomic E-state index is -3.13. The third kappa shape index (κ3) is 3.49. The quantitative estimate of drug-likeness (QED) is 0.650. The molecule has 3 heterocycles. The molecule has 1 aliphatic rings. The Kier molecular flexibility index (Phi) is 4.62. The van der Waals surface area contributed by atoms with E-state index in [4.69, 9.17) is 0 Å². The van der Waals surface area contributed by atoms with Crippen LogP contribution in [0, 0.1) is 12.8 Å². The van der Waals surface area contributed by atoms with E-state index in [9.17, 15) is 13.2 Å². The van der Waals surface area contributed by atoms with Crippen molar-refractivity contribution >= 4 is 26.6 Å². The molecule has 8 nitrogen and oxygen atoms in total. The molecule has 1 aliphatic heterocycles.